The SMILES string of the molecule is CCC(=O)NCC1CNC(C2CCCC(Cl)C2)CC1C1CCN(C(F)F)N1. The summed E-state index contributed by atoms with van der Waals surface area (Å²) < 4.78 is 26.1. The molecule has 3 N–H and O–H groups in total. The molecule has 0 spiro atoms. The lowest BCUT2D eigenvalue weighted by Crippen LogP contribution is -2.56. The molecule has 0 aromatic carbocycles. The number of hydrazine groups is 1. The molecule has 3 rings (SSSR count). The minimum absolute atomic E-state index is 0.0433. The van der Waals surface area contributed by atoms with Crippen LogP contribution in [-0.4, -0.2) is 54.6 Å². The number of amides is 1. The van der Waals surface area contributed by atoms with E-state index in [0.717, 1.165) is 37.2 Å². The second kappa shape index (κ2) is 9.81. The Kier molecular flexibility index (Phi) is 7.71. The first-order valence-corrected chi connectivity index (χ1v) is 10.9. The van der Waals surface area contributed by atoms with Gasteiger partial charge in [-0.15, -0.1) is 11.6 Å². The van der Waals surface area contributed by atoms with Crippen molar-refractivity contribution in [3.05, 3.63) is 0 Å². The summed E-state index contributed by atoms with van der Waals surface area (Å²) in [6.07, 6.45) is 6.62. The summed E-state index contributed by atoms with van der Waals surface area (Å²) in [4.78, 5) is 11.7. The highest BCUT2D eigenvalue weighted by Crippen LogP contribution is 2.37. The zero-order chi connectivity index (χ0) is 19.4. The van der Waals surface area contributed by atoms with Gasteiger partial charge in [-0.1, -0.05) is 13.3 Å². The van der Waals surface area contributed by atoms with E-state index in [1.54, 1.807) is 0 Å². The topological polar surface area (TPSA) is 56.4 Å². The van der Waals surface area contributed by atoms with Crippen LogP contribution in [0.3, 0.4) is 0 Å². The maximum atomic E-state index is 13.1. The molecule has 2 saturated heterocycles. The molecule has 2 aliphatic heterocycles. The highest BCUT2D eigenvalue weighted by molar-refractivity contribution is 6.20. The van der Waals surface area contributed by atoms with Gasteiger partial charge in [0.1, 0.15) is 0 Å². The van der Waals surface area contributed by atoms with Crippen LogP contribution in [-0.2, 0) is 4.79 Å². The second-order valence-corrected chi connectivity index (χ2v) is 8.97. The third-order valence-electron chi connectivity index (χ3n) is 6.64. The minimum atomic E-state index is -2.47. The average molecular weight is 407 g/mol. The lowest BCUT2D eigenvalue weighted by Gasteiger charge is -2.44. The summed E-state index contributed by atoms with van der Waals surface area (Å²) in [5, 5.41) is 8.00. The third-order valence-corrected chi connectivity index (χ3v) is 7.04. The number of rotatable bonds is 6. The summed E-state index contributed by atoms with van der Waals surface area (Å²) in [6, 6.07) is 0.430. The van der Waals surface area contributed by atoms with E-state index >= 15 is 0 Å². The van der Waals surface area contributed by atoms with Gasteiger partial charge in [0, 0.05) is 43.5 Å². The van der Waals surface area contributed by atoms with Gasteiger partial charge in [-0.2, -0.15) is 13.8 Å². The maximum Gasteiger partial charge on any atom is 0.306 e. The van der Waals surface area contributed by atoms with Gasteiger partial charge in [-0.3, -0.25) is 4.79 Å². The van der Waals surface area contributed by atoms with Crippen molar-refractivity contribution < 1.29 is 13.6 Å². The molecule has 156 valence electrons. The van der Waals surface area contributed by atoms with E-state index in [2.05, 4.69) is 16.1 Å². The van der Waals surface area contributed by atoms with E-state index < -0.39 is 6.55 Å². The van der Waals surface area contributed by atoms with Crippen LogP contribution >= 0.6 is 11.6 Å². The quantitative estimate of drug-likeness (QED) is 0.469. The lowest BCUT2D eigenvalue weighted by atomic mass is 9.72. The normalized spacial score (nSPS) is 38.3. The van der Waals surface area contributed by atoms with Gasteiger partial charge in [-0.05, 0) is 49.9 Å². The predicted molar refractivity (Wildman–Crippen MR) is 103 cm³/mol. The molecule has 1 saturated carbocycles. The van der Waals surface area contributed by atoms with Crippen molar-refractivity contribution in [3.63, 3.8) is 0 Å². The molecule has 3 fully saturated rings. The number of halogens is 3. The lowest BCUT2D eigenvalue weighted by molar-refractivity contribution is -0.121. The van der Waals surface area contributed by atoms with Crippen molar-refractivity contribution in [1.82, 2.24) is 21.1 Å². The van der Waals surface area contributed by atoms with Crippen molar-refractivity contribution in [1.29, 1.82) is 0 Å². The van der Waals surface area contributed by atoms with Crippen LogP contribution in [0.1, 0.15) is 51.9 Å². The number of carbonyl (C=O) groups is 1. The van der Waals surface area contributed by atoms with Gasteiger partial charge in [0.2, 0.25) is 5.91 Å². The van der Waals surface area contributed by atoms with Crippen LogP contribution in [0.25, 0.3) is 0 Å². The van der Waals surface area contributed by atoms with Gasteiger partial charge >= 0.3 is 6.55 Å². The van der Waals surface area contributed by atoms with E-state index in [0.29, 0.717) is 31.5 Å². The number of nitrogens with one attached hydrogen (secondary N) is 3. The average Bonchev–Trinajstić information content (AvgIpc) is 3.16. The monoisotopic (exact) mass is 406 g/mol. The van der Waals surface area contributed by atoms with Gasteiger partial charge in [0.05, 0.1) is 0 Å². The van der Waals surface area contributed by atoms with Crippen LogP contribution in [0.4, 0.5) is 8.78 Å². The molecule has 6 atom stereocenters. The largest absolute Gasteiger partial charge is 0.356 e. The van der Waals surface area contributed by atoms with Crippen LogP contribution in [0.5, 0.6) is 0 Å². The van der Waals surface area contributed by atoms with Crippen molar-refractivity contribution in [2.45, 2.75) is 75.9 Å². The maximum absolute atomic E-state index is 13.1. The van der Waals surface area contributed by atoms with Gasteiger partial charge < -0.3 is 10.6 Å². The minimum Gasteiger partial charge on any atom is -0.356 e. The van der Waals surface area contributed by atoms with Gasteiger partial charge in [0.15, 0.2) is 0 Å². The first-order chi connectivity index (χ1) is 13.0. The standard InChI is InChI=1S/C19H33ClF2N4O/c1-2-18(27)24-11-13-10-23-17(12-4-3-5-14(20)8-12)9-15(13)16-6-7-26(25-16)19(21)22/h12-17,19,23,25H,2-11H2,1H3,(H,24,27). The number of piperidine rings is 1. The van der Waals surface area contributed by atoms with Crippen molar-refractivity contribution in [3.8, 4) is 0 Å². The molecular weight excluding hydrogens is 374 g/mol. The Hall–Kier alpha value is -0.500. The van der Waals surface area contributed by atoms with Crippen molar-refractivity contribution >= 4 is 17.5 Å². The van der Waals surface area contributed by atoms with E-state index in [9.17, 15) is 13.6 Å². The first kappa shape index (κ1) is 21.2. The fraction of sp³-hybridized carbons (Fsp3) is 0.947. The van der Waals surface area contributed by atoms with Crippen molar-refractivity contribution in [2.24, 2.45) is 17.8 Å². The summed E-state index contributed by atoms with van der Waals surface area (Å²) in [7, 11) is 0. The third kappa shape index (κ3) is 5.52. The van der Waals surface area contributed by atoms with Crippen LogP contribution in [0, 0.1) is 17.8 Å². The molecular formula is C19H33ClF2N4O. The predicted octanol–water partition coefficient (Wildman–Crippen LogP) is 2.71. The zero-order valence-corrected chi connectivity index (χ0v) is 16.9. The molecule has 0 bridgehead atoms. The Morgan fingerprint density at radius 2 is 2.07 bits per heavy atom. The summed E-state index contributed by atoms with van der Waals surface area (Å²) in [5.41, 5.74) is 3.04. The molecule has 0 radical (unpaired) electrons. The molecule has 1 amide bonds. The number of hydrogen-bond donors (Lipinski definition) is 3. The van der Waals surface area contributed by atoms with E-state index in [1.807, 2.05) is 6.92 Å². The fourth-order valence-electron chi connectivity index (χ4n) is 5.08. The molecule has 8 heteroatoms. The summed E-state index contributed by atoms with van der Waals surface area (Å²) in [6.45, 7) is 1.16. The second-order valence-electron chi connectivity index (χ2n) is 8.35. The van der Waals surface area contributed by atoms with Crippen molar-refractivity contribution in [2.75, 3.05) is 19.6 Å². The molecule has 0 aromatic rings. The molecule has 0 aromatic heterocycles. The van der Waals surface area contributed by atoms with E-state index in [4.69, 9.17) is 11.6 Å². The smallest absolute Gasteiger partial charge is 0.306 e. The summed E-state index contributed by atoms with van der Waals surface area (Å²) >= 11 is 6.40. The number of nitrogens with zero attached hydrogens (tertiary/aromatic N) is 1. The van der Waals surface area contributed by atoms with E-state index in [-0.39, 0.29) is 29.2 Å². The Balaban J connectivity index is 1.65. The molecule has 6 unspecified atom stereocenters. The molecule has 27 heavy (non-hydrogen) atoms. The molecule has 2 heterocycles. The number of alkyl halides is 3. The molecule has 1 aliphatic carbocycles. The Morgan fingerprint density at radius 1 is 1.26 bits per heavy atom. The Morgan fingerprint density at radius 3 is 2.74 bits per heavy atom. The van der Waals surface area contributed by atoms with Crippen LogP contribution < -0.4 is 16.1 Å². The highest BCUT2D eigenvalue weighted by Gasteiger charge is 2.42. The summed E-state index contributed by atoms with van der Waals surface area (Å²) in [5.74, 6) is 1.12. The van der Waals surface area contributed by atoms with Gasteiger partial charge in [-0.25, -0.2) is 5.43 Å². The van der Waals surface area contributed by atoms with Gasteiger partial charge in [0.25, 0.3) is 0 Å². The highest BCUT2D eigenvalue weighted by atomic mass is 35.5. The fourth-order valence-corrected chi connectivity index (χ4v) is 5.47. The van der Waals surface area contributed by atoms with Crippen LogP contribution in [0.15, 0.2) is 0 Å². The number of carbonyl (C=O) groups excluding carboxylic acids is 1. The Labute approximate surface area is 165 Å². The van der Waals surface area contributed by atoms with E-state index in [1.165, 1.54) is 12.8 Å². The molecule has 3 aliphatic rings. The first-order valence-electron chi connectivity index (χ1n) is 10.4. The van der Waals surface area contributed by atoms with Crippen LogP contribution in [0.2, 0.25) is 0 Å². The molecule has 5 nitrogen and oxygen atoms in total. The zero-order valence-electron chi connectivity index (χ0n) is 16.1. The Bertz CT molecular complexity index is 498. The number of hydrogen-bond acceptors (Lipinski definition) is 4.